The minimum absolute atomic E-state index is 0.0573. The van der Waals surface area contributed by atoms with Crippen LogP contribution in [0.15, 0.2) is 29.1 Å². The number of rotatable bonds is 2. The highest BCUT2D eigenvalue weighted by atomic mass is 16.1. The van der Waals surface area contributed by atoms with Gasteiger partial charge in [-0.2, -0.15) is 0 Å². The number of aromatic nitrogens is 2. The number of anilines is 1. The third-order valence-electron chi connectivity index (χ3n) is 2.69. The molecule has 0 radical (unpaired) electrons. The lowest BCUT2D eigenvalue weighted by atomic mass is 10.1. The summed E-state index contributed by atoms with van der Waals surface area (Å²) in [7, 11) is 0. The Bertz CT molecular complexity index is 549. The van der Waals surface area contributed by atoms with Gasteiger partial charge in [0.05, 0.1) is 12.1 Å². The molecule has 1 heterocycles. The molecule has 2 rings (SSSR count). The van der Waals surface area contributed by atoms with Crippen LogP contribution < -0.4 is 11.3 Å². The van der Waals surface area contributed by atoms with Gasteiger partial charge in [-0.15, -0.1) is 0 Å². The molecule has 0 saturated heterocycles. The highest BCUT2D eigenvalue weighted by Gasteiger charge is 2.06. The molecule has 1 aromatic heterocycles. The van der Waals surface area contributed by atoms with Gasteiger partial charge in [-0.1, -0.05) is 29.8 Å². The van der Waals surface area contributed by atoms with E-state index in [0.717, 1.165) is 5.56 Å². The lowest BCUT2D eigenvalue weighted by Crippen LogP contribution is -2.18. The number of hydrogen-bond acceptors (Lipinski definition) is 2. The third kappa shape index (κ3) is 1.86. The van der Waals surface area contributed by atoms with E-state index in [1.807, 2.05) is 31.2 Å². The minimum Gasteiger partial charge on any atom is -0.384 e. The van der Waals surface area contributed by atoms with Crippen LogP contribution in [0.1, 0.15) is 16.7 Å². The fourth-order valence-corrected chi connectivity index (χ4v) is 1.59. The second-order valence-electron chi connectivity index (χ2n) is 4.03. The molecular weight excluding hydrogens is 202 g/mol. The van der Waals surface area contributed by atoms with Crippen LogP contribution in [0.5, 0.6) is 0 Å². The van der Waals surface area contributed by atoms with Crippen molar-refractivity contribution in [2.45, 2.75) is 20.4 Å². The Morgan fingerprint density at radius 2 is 1.88 bits per heavy atom. The minimum atomic E-state index is -0.0573. The Kier molecular flexibility index (Phi) is 2.56. The zero-order valence-corrected chi connectivity index (χ0v) is 9.45. The number of nitrogens with one attached hydrogen (secondary N) is 1. The summed E-state index contributed by atoms with van der Waals surface area (Å²) in [4.78, 5) is 11.7. The monoisotopic (exact) mass is 217 g/mol. The Labute approximate surface area is 93.7 Å². The predicted molar refractivity (Wildman–Crippen MR) is 64.5 cm³/mol. The number of aromatic amines is 1. The highest BCUT2D eigenvalue weighted by molar-refractivity contribution is 5.36. The van der Waals surface area contributed by atoms with Crippen LogP contribution in [0.2, 0.25) is 0 Å². The van der Waals surface area contributed by atoms with Crippen molar-refractivity contribution in [1.82, 2.24) is 9.78 Å². The summed E-state index contributed by atoms with van der Waals surface area (Å²) < 4.78 is 1.52. The Hall–Kier alpha value is -1.97. The molecule has 0 fully saturated rings. The van der Waals surface area contributed by atoms with E-state index in [4.69, 9.17) is 5.73 Å². The molecule has 0 saturated carbocycles. The van der Waals surface area contributed by atoms with Gasteiger partial charge < -0.3 is 5.73 Å². The molecule has 0 bridgehead atoms. The summed E-state index contributed by atoms with van der Waals surface area (Å²) in [6.45, 7) is 4.28. The van der Waals surface area contributed by atoms with Gasteiger partial charge in [-0.3, -0.25) is 9.89 Å². The van der Waals surface area contributed by atoms with Crippen molar-refractivity contribution >= 4 is 5.82 Å². The van der Waals surface area contributed by atoms with Crippen LogP contribution in [0.3, 0.4) is 0 Å². The van der Waals surface area contributed by atoms with Crippen LogP contribution in [0, 0.1) is 13.8 Å². The first kappa shape index (κ1) is 10.5. The molecule has 0 unspecified atom stereocenters. The van der Waals surface area contributed by atoms with Gasteiger partial charge in [-0.25, -0.2) is 4.68 Å². The third-order valence-corrected chi connectivity index (χ3v) is 2.69. The Morgan fingerprint density at radius 3 is 2.38 bits per heavy atom. The maximum atomic E-state index is 11.7. The van der Waals surface area contributed by atoms with Gasteiger partial charge in [0.15, 0.2) is 0 Å². The second-order valence-corrected chi connectivity index (χ2v) is 4.03. The van der Waals surface area contributed by atoms with Gasteiger partial charge in [0, 0.05) is 0 Å². The predicted octanol–water partition coefficient (Wildman–Crippen LogP) is 1.42. The van der Waals surface area contributed by atoms with E-state index in [-0.39, 0.29) is 5.56 Å². The van der Waals surface area contributed by atoms with Crippen molar-refractivity contribution in [2.24, 2.45) is 0 Å². The zero-order chi connectivity index (χ0) is 11.7. The van der Waals surface area contributed by atoms with Crippen molar-refractivity contribution in [1.29, 1.82) is 0 Å². The van der Waals surface area contributed by atoms with Crippen molar-refractivity contribution in [3.05, 3.63) is 51.3 Å². The van der Waals surface area contributed by atoms with Crippen LogP contribution in [0.25, 0.3) is 0 Å². The molecule has 0 aliphatic carbocycles. The first-order valence-electron chi connectivity index (χ1n) is 5.18. The average molecular weight is 217 g/mol. The summed E-state index contributed by atoms with van der Waals surface area (Å²) in [6, 6.07) is 8.07. The second kappa shape index (κ2) is 3.89. The lowest BCUT2D eigenvalue weighted by Gasteiger charge is -2.02. The number of nitrogen functional groups attached to an aromatic ring is 1. The van der Waals surface area contributed by atoms with Crippen LogP contribution in [-0.4, -0.2) is 9.78 Å². The van der Waals surface area contributed by atoms with E-state index in [1.54, 1.807) is 6.92 Å². The van der Waals surface area contributed by atoms with Gasteiger partial charge in [0.25, 0.3) is 5.56 Å². The van der Waals surface area contributed by atoms with E-state index in [9.17, 15) is 4.79 Å². The molecule has 84 valence electrons. The fourth-order valence-electron chi connectivity index (χ4n) is 1.59. The number of aryl methyl sites for hydroxylation is 1. The lowest BCUT2D eigenvalue weighted by molar-refractivity contribution is 0.665. The largest absolute Gasteiger partial charge is 0.384 e. The van der Waals surface area contributed by atoms with Crippen molar-refractivity contribution < 1.29 is 0 Å². The van der Waals surface area contributed by atoms with Crippen molar-refractivity contribution in [2.75, 3.05) is 5.73 Å². The fraction of sp³-hybridized carbons (Fsp3) is 0.250. The van der Waals surface area contributed by atoms with Crippen LogP contribution >= 0.6 is 0 Å². The number of hydrogen-bond donors (Lipinski definition) is 2. The highest BCUT2D eigenvalue weighted by Crippen LogP contribution is 2.06. The van der Waals surface area contributed by atoms with Crippen molar-refractivity contribution in [3.63, 3.8) is 0 Å². The smallest absolute Gasteiger partial charge is 0.271 e. The molecular formula is C12H15N3O. The molecule has 0 aliphatic rings. The molecule has 4 nitrogen and oxygen atoms in total. The Balaban J connectivity index is 2.30. The maximum absolute atomic E-state index is 11.7. The molecule has 16 heavy (non-hydrogen) atoms. The van der Waals surface area contributed by atoms with E-state index in [0.29, 0.717) is 17.9 Å². The molecule has 0 amide bonds. The van der Waals surface area contributed by atoms with Crippen LogP contribution in [0.4, 0.5) is 5.82 Å². The number of benzene rings is 1. The molecule has 3 N–H and O–H groups in total. The number of H-pyrrole nitrogens is 1. The standard InChI is InChI=1S/C12H15N3O/c1-8-3-5-10(6-4-8)7-15-12(16)9(2)11(13)14-15/h3-6,14H,7,13H2,1-2H3. The first-order valence-corrected chi connectivity index (χ1v) is 5.18. The molecule has 1 aromatic carbocycles. The van der Waals surface area contributed by atoms with Crippen molar-refractivity contribution in [3.8, 4) is 0 Å². The quantitative estimate of drug-likeness (QED) is 0.799. The molecule has 0 spiro atoms. The summed E-state index contributed by atoms with van der Waals surface area (Å²) in [5.41, 5.74) is 8.45. The SMILES string of the molecule is Cc1ccc(Cn2[nH]c(N)c(C)c2=O)cc1. The van der Waals surface area contributed by atoms with Gasteiger partial charge >= 0.3 is 0 Å². The molecule has 2 aromatic rings. The van der Waals surface area contributed by atoms with Gasteiger partial charge in [-0.05, 0) is 19.4 Å². The Morgan fingerprint density at radius 1 is 1.25 bits per heavy atom. The summed E-state index contributed by atoms with van der Waals surface area (Å²) in [5, 5.41) is 2.86. The number of nitrogens with zero attached hydrogens (tertiary/aromatic N) is 1. The van der Waals surface area contributed by atoms with Gasteiger partial charge in [0.2, 0.25) is 0 Å². The average Bonchev–Trinajstić information content (AvgIpc) is 2.50. The maximum Gasteiger partial charge on any atom is 0.271 e. The topological polar surface area (TPSA) is 63.8 Å². The zero-order valence-electron chi connectivity index (χ0n) is 9.45. The van der Waals surface area contributed by atoms with E-state index >= 15 is 0 Å². The molecule has 4 heteroatoms. The summed E-state index contributed by atoms with van der Waals surface area (Å²) in [5.74, 6) is 0.442. The van der Waals surface area contributed by atoms with Gasteiger partial charge in [0.1, 0.15) is 5.82 Å². The van der Waals surface area contributed by atoms with E-state index < -0.39 is 0 Å². The molecule has 0 aliphatic heterocycles. The summed E-state index contributed by atoms with van der Waals surface area (Å²) in [6.07, 6.45) is 0. The van der Waals surface area contributed by atoms with Crippen LogP contribution in [-0.2, 0) is 6.54 Å². The van der Waals surface area contributed by atoms with E-state index in [2.05, 4.69) is 5.10 Å². The van der Waals surface area contributed by atoms with E-state index in [1.165, 1.54) is 10.2 Å². The normalized spacial score (nSPS) is 10.6. The summed E-state index contributed by atoms with van der Waals surface area (Å²) >= 11 is 0. The molecule has 0 atom stereocenters. The number of nitrogens with two attached hydrogens (primary N) is 1. The first-order chi connectivity index (χ1) is 7.58.